The van der Waals surface area contributed by atoms with Crippen LogP contribution in [0.15, 0.2) is 23.8 Å². The Morgan fingerprint density at radius 1 is 1.29 bits per heavy atom. The fraction of sp³-hybridized carbons (Fsp3) is 0.706. The Bertz CT molecular complexity index is 433. The molecule has 24 heavy (non-hydrogen) atoms. The van der Waals surface area contributed by atoms with Gasteiger partial charge in [0.15, 0.2) is 6.10 Å². The lowest BCUT2D eigenvalue weighted by Crippen LogP contribution is -2.36. The van der Waals surface area contributed by atoms with Crippen molar-refractivity contribution in [3.63, 3.8) is 0 Å². The van der Waals surface area contributed by atoms with E-state index in [1.54, 1.807) is 19.9 Å². The van der Waals surface area contributed by atoms with Crippen molar-refractivity contribution in [1.82, 2.24) is 5.32 Å². The summed E-state index contributed by atoms with van der Waals surface area (Å²) < 4.78 is 0. The lowest BCUT2D eigenvalue weighted by molar-refractivity contribution is -0.127. The molecule has 0 fully saturated rings. The zero-order valence-corrected chi connectivity index (χ0v) is 14.6. The van der Waals surface area contributed by atoms with E-state index in [1.165, 1.54) is 19.1 Å². The molecule has 6 N–H and O–H groups in total. The molecule has 0 radical (unpaired) electrons. The first-order chi connectivity index (χ1) is 11.1. The molecule has 1 amide bonds. The maximum absolute atomic E-state index is 11.7. The predicted octanol–water partition coefficient (Wildman–Crippen LogP) is -0.379. The Kier molecular flexibility index (Phi) is 10.7. The largest absolute Gasteiger partial charge is 0.394 e. The molecule has 7 heteroatoms. The van der Waals surface area contributed by atoms with Gasteiger partial charge >= 0.3 is 0 Å². The highest BCUT2D eigenvalue weighted by atomic mass is 16.3. The number of hydrogen-bond donors (Lipinski definition) is 6. The standard InChI is InChI=1S/C17H31NO6/c1-4-15(22)17(3,24)8-5-6-12(2)10-14(21)16(23)18-9-7-13(20)11-19/h5,8,10,13-15,19-22,24H,4,6-7,9,11H2,1-3H3,(H,18,23). The molecule has 4 unspecified atom stereocenters. The number of aliphatic hydroxyl groups excluding tert-OH is 4. The summed E-state index contributed by atoms with van der Waals surface area (Å²) in [5, 5.41) is 49.7. The van der Waals surface area contributed by atoms with Crippen molar-refractivity contribution >= 4 is 5.91 Å². The molecule has 0 aromatic rings. The summed E-state index contributed by atoms with van der Waals surface area (Å²) >= 11 is 0. The zero-order chi connectivity index (χ0) is 18.8. The summed E-state index contributed by atoms with van der Waals surface area (Å²) in [6.07, 6.45) is 2.55. The van der Waals surface area contributed by atoms with Crippen LogP contribution in [0.3, 0.4) is 0 Å². The van der Waals surface area contributed by atoms with Gasteiger partial charge in [0.05, 0.1) is 18.8 Å². The van der Waals surface area contributed by atoms with Gasteiger partial charge < -0.3 is 30.8 Å². The van der Waals surface area contributed by atoms with Gasteiger partial charge in [0.1, 0.15) is 5.60 Å². The van der Waals surface area contributed by atoms with Crippen LogP contribution in [0.2, 0.25) is 0 Å². The second-order valence-electron chi connectivity index (χ2n) is 6.13. The number of rotatable bonds is 11. The van der Waals surface area contributed by atoms with E-state index < -0.39 is 29.8 Å². The molecule has 0 saturated carbocycles. The van der Waals surface area contributed by atoms with Crippen molar-refractivity contribution in [1.29, 1.82) is 0 Å². The highest BCUT2D eigenvalue weighted by Crippen LogP contribution is 2.16. The number of hydrogen-bond acceptors (Lipinski definition) is 6. The van der Waals surface area contributed by atoms with E-state index in [0.717, 1.165) is 5.57 Å². The quantitative estimate of drug-likeness (QED) is 0.283. The predicted molar refractivity (Wildman–Crippen MR) is 91.2 cm³/mol. The van der Waals surface area contributed by atoms with Crippen LogP contribution >= 0.6 is 0 Å². The van der Waals surface area contributed by atoms with E-state index in [9.17, 15) is 20.1 Å². The van der Waals surface area contributed by atoms with E-state index in [2.05, 4.69) is 5.32 Å². The van der Waals surface area contributed by atoms with Crippen molar-refractivity contribution in [3.05, 3.63) is 23.8 Å². The average Bonchev–Trinajstić information content (AvgIpc) is 2.53. The van der Waals surface area contributed by atoms with Gasteiger partial charge in [-0.1, -0.05) is 24.6 Å². The summed E-state index contributed by atoms with van der Waals surface area (Å²) in [6.45, 7) is 4.80. The third kappa shape index (κ3) is 9.14. The molecule has 7 nitrogen and oxygen atoms in total. The first kappa shape index (κ1) is 22.8. The van der Waals surface area contributed by atoms with Gasteiger partial charge in [-0.3, -0.25) is 4.79 Å². The molecule has 0 aliphatic rings. The second-order valence-corrected chi connectivity index (χ2v) is 6.13. The number of aliphatic hydroxyl groups is 5. The molecule has 0 aliphatic heterocycles. The van der Waals surface area contributed by atoms with Crippen LogP contribution in [0.5, 0.6) is 0 Å². The Morgan fingerprint density at radius 3 is 2.46 bits per heavy atom. The molecule has 0 saturated heterocycles. The maximum Gasteiger partial charge on any atom is 0.252 e. The van der Waals surface area contributed by atoms with E-state index >= 15 is 0 Å². The summed E-state index contributed by atoms with van der Waals surface area (Å²) in [7, 11) is 0. The minimum absolute atomic E-state index is 0.155. The maximum atomic E-state index is 11.7. The monoisotopic (exact) mass is 345 g/mol. The topological polar surface area (TPSA) is 130 Å². The zero-order valence-electron chi connectivity index (χ0n) is 14.6. The minimum atomic E-state index is -1.32. The number of nitrogens with one attached hydrogen (secondary N) is 1. The number of carbonyl (C=O) groups is 1. The third-order valence-electron chi connectivity index (χ3n) is 3.65. The number of carbonyl (C=O) groups excluding carboxylic acids is 1. The molecule has 140 valence electrons. The smallest absolute Gasteiger partial charge is 0.252 e. The van der Waals surface area contributed by atoms with Crippen LogP contribution in [0.25, 0.3) is 0 Å². The average molecular weight is 345 g/mol. The van der Waals surface area contributed by atoms with Crippen LogP contribution in [-0.4, -0.2) is 68.5 Å². The van der Waals surface area contributed by atoms with Crippen molar-refractivity contribution in [2.45, 2.75) is 63.9 Å². The van der Waals surface area contributed by atoms with Crippen molar-refractivity contribution in [2.24, 2.45) is 0 Å². The third-order valence-corrected chi connectivity index (χ3v) is 3.65. The first-order valence-electron chi connectivity index (χ1n) is 8.14. The SMILES string of the molecule is CCC(O)C(C)(O)C=CCC(C)=CC(O)C(=O)NCCC(O)CO. The van der Waals surface area contributed by atoms with Crippen molar-refractivity contribution in [3.8, 4) is 0 Å². The Morgan fingerprint density at radius 2 is 1.92 bits per heavy atom. The molecule has 0 bridgehead atoms. The molecule has 0 spiro atoms. The van der Waals surface area contributed by atoms with Gasteiger partial charge in [0.2, 0.25) is 0 Å². The minimum Gasteiger partial charge on any atom is -0.394 e. The molecular weight excluding hydrogens is 314 g/mol. The van der Waals surface area contributed by atoms with Crippen LogP contribution in [0.4, 0.5) is 0 Å². The number of allylic oxidation sites excluding steroid dienone is 2. The normalized spacial score (nSPS) is 18.9. The molecular formula is C17H31NO6. The van der Waals surface area contributed by atoms with Crippen LogP contribution in [0, 0.1) is 0 Å². The van der Waals surface area contributed by atoms with Crippen LogP contribution in [0.1, 0.15) is 40.0 Å². The highest BCUT2D eigenvalue weighted by molar-refractivity contribution is 5.82. The fourth-order valence-corrected chi connectivity index (χ4v) is 1.98. The van der Waals surface area contributed by atoms with E-state index in [-0.39, 0.29) is 19.6 Å². The highest BCUT2D eigenvalue weighted by Gasteiger charge is 2.25. The summed E-state index contributed by atoms with van der Waals surface area (Å²) in [4.78, 5) is 11.7. The molecule has 0 aromatic carbocycles. The first-order valence-corrected chi connectivity index (χ1v) is 8.14. The number of amides is 1. The van der Waals surface area contributed by atoms with Gasteiger partial charge in [-0.05, 0) is 39.2 Å². The lowest BCUT2D eigenvalue weighted by Gasteiger charge is -2.24. The fourth-order valence-electron chi connectivity index (χ4n) is 1.98. The van der Waals surface area contributed by atoms with Crippen molar-refractivity contribution in [2.75, 3.05) is 13.2 Å². The van der Waals surface area contributed by atoms with Gasteiger partial charge in [-0.15, -0.1) is 0 Å². The van der Waals surface area contributed by atoms with E-state index in [1.807, 2.05) is 0 Å². The second kappa shape index (κ2) is 11.3. The Labute approximate surface area is 143 Å². The lowest BCUT2D eigenvalue weighted by atomic mass is 9.96. The van der Waals surface area contributed by atoms with E-state index in [4.69, 9.17) is 10.2 Å². The van der Waals surface area contributed by atoms with Crippen molar-refractivity contribution < 1.29 is 30.3 Å². The van der Waals surface area contributed by atoms with Gasteiger partial charge in [0.25, 0.3) is 5.91 Å². The summed E-state index contributed by atoms with van der Waals surface area (Å²) in [5.41, 5.74) is -0.593. The Hall–Kier alpha value is -1.25. The van der Waals surface area contributed by atoms with Gasteiger partial charge in [-0.2, -0.15) is 0 Å². The van der Waals surface area contributed by atoms with E-state index in [0.29, 0.717) is 12.8 Å². The Balaban J connectivity index is 4.39. The van der Waals surface area contributed by atoms with Gasteiger partial charge in [-0.25, -0.2) is 0 Å². The molecule has 0 aliphatic carbocycles. The van der Waals surface area contributed by atoms with Crippen LogP contribution in [-0.2, 0) is 4.79 Å². The van der Waals surface area contributed by atoms with Gasteiger partial charge in [0, 0.05) is 6.54 Å². The molecule has 4 atom stereocenters. The molecule has 0 aromatic heterocycles. The summed E-state index contributed by atoms with van der Waals surface area (Å²) in [5.74, 6) is -0.586. The van der Waals surface area contributed by atoms with Crippen LogP contribution < -0.4 is 5.32 Å². The molecule has 0 heterocycles. The summed E-state index contributed by atoms with van der Waals surface area (Å²) in [6, 6.07) is 0. The molecule has 0 rings (SSSR count).